The van der Waals surface area contributed by atoms with E-state index in [1.165, 1.54) is 6.26 Å². The summed E-state index contributed by atoms with van der Waals surface area (Å²) in [5.74, 6) is -0.0369. The molecule has 0 radical (unpaired) electrons. The van der Waals surface area contributed by atoms with Gasteiger partial charge < -0.3 is 20.0 Å². The Balaban J connectivity index is 2.26. The first kappa shape index (κ1) is 18.0. The standard InChI is InChI=1S/C17H20ClN3O3/c1-11-13(6-9-24-11)16(22)20-15-10-12(18)4-5-14(15)17(23)21(3)8-7-19-2/h4-6,9-10,19H,7-8H2,1-3H3,(H,20,22). The predicted octanol–water partition coefficient (Wildman–Crippen LogP) is 2.79. The fraction of sp³-hybridized carbons (Fsp3) is 0.294. The Morgan fingerprint density at radius 1 is 1.25 bits per heavy atom. The minimum absolute atomic E-state index is 0.193. The molecule has 1 heterocycles. The maximum atomic E-state index is 12.6. The average molecular weight is 350 g/mol. The van der Waals surface area contributed by atoms with E-state index in [1.54, 1.807) is 43.1 Å². The van der Waals surface area contributed by atoms with Gasteiger partial charge in [-0.3, -0.25) is 9.59 Å². The van der Waals surface area contributed by atoms with Gasteiger partial charge in [0.15, 0.2) is 0 Å². The van der Waals surface area contributed by atoms with Crippen molar-refractivity contribution in [1.82, 2.24) is 10.2 Å². The smallest absolute Gasteiger partial charge is 0.259 e. The van der Waals surface area contributed by atoms with E-state index in [0.29, 0.717) is 40.7 Å². The van der Waals surface area contributed by atoms with Crippen LogP contribution in [-0.4, -0.2) is 43.9 Å². The second-order valence-electron chi connectivity index (χ2n) is 5.36. The van der Waals surface area contributed by atoms with Crippen LogP contribution in [0.25, 0.3) is 0 Å². The lowest BCUT2D eigenvalue weighted by atomic mass is 10.1. The number of hydrogen-bond acceptors (Lipinski definition) is 4. The lowest BCUT2D eigenvalue weighted by Crippen LogP contribution is -2.33. The van der Waals surface area contributed by atoms with Crippen LogP contribution in [0.5, 0.6) is 0 Å². The van der Waals surface area contributed by atoms with E-state index in [4.69, 9.17) is 16.0 Å². The van der Waals surface area contributed by atoms with Crippen LogP contribution in [0.4, 0.5) is 5.69 Å². The van der Waals surface area contributed by atoms with Crippen LogP contribution in [0, 0.1) is 6.92 Å². The van der Waals surface area contributed by atoms with Crippen molar-refractivity contribution in [3.8, 4) is 0 Å². The molecule has 0 saturated carbocycles. The first-order valence-electron chi connectivity index (χ1n) is 7.49. The molecule has 2 aromatic rings. The number of furan rings is 1. The largest absolute Gasteiger partial charge is 0.469 e. The highest BCUT2D eigenvalue weighted by molar-refractivity contribution is 6.31. The molecule has 0 aliphatic heterocycles. The van der Waals surface area contributed by atoms with Crippen molar-refractivity contribution in [2.75, 3.05) is 32.5 Å². The number of likely N-dealkylation sites (N-methyl/N-ethyl adjacent to an activating group) is 2. The molecule has 2 amide bonds. The van der Waals surface area contributed by atoms with Crippen molar-refractivity contribution in [2.45, 2.75) is 6.92 Å². The minimum atomic E-state index is -0.351. The van der Waals surface area contributed by atoms with Gasteiger partial charge in [0, 0.05) is 25.2 Å². The molecule has 6 nitrogen and oxygen atoms in total. The number of halogens is 1. The molecule has 0 saturated heterocycles. The van der Waals surface area contributed by atoms with Crippen molar-refractivity contribution >= 4 is 29.1 Å². The molecular weight excluding hydrogens is 330 g/mol. The van der Waals surface area contributed by atoms with Crippen LogP contribution in [0.3, 0.4) is 0 Å². The maximum absolute atomic E-state index is 12.6. The van der Waals surface area contributed by atoms with Gasteiger partial charge in [0.1, 0.15) is 5.76 Å². The maximum Gasteiger partial charge on any atom is 0.259 e. The molecule has 1 aromatic carbocycles. The summed E-state index contributed by atoms with van der Waals surface area (Å²) in [4.78, 5) is 26.6. The first-order valence-corrected chi connectivity index (χ1v) is 7.87. The molecule has 0 aliphatic carbocycles. The third-order valence-electron chi connectivity index (χ3n) is 3.61. The Hall–Kier alpha value is -2.31. The number of nitrogens with one attached hydrogen (secondary N) is 2. The van der Waals surface area contributed by atoms with Gasteiger partial charge in [0.25, 0.3) is 11.8 Å². The summed E-state index contributed by atoms with van der Waals surface area (Å²) in [6.45, 7) is 2.92. The number of nitrogens with zero attached hydrogens (tertiary/aromatic N) is 1. The topological polar surface area (TPSA) is 74.6 Å². The highest BCUT2D eigenvalue weighted by Crippen LogP contribution is 2.23. The van der Waals surface area contributed by atoms with Crippen LogP contribution >= 0.6 is 11.6 Å². The Kier molecular flexibility index (Phi) is 6.00. The summed E-state index contributed by atoms with van der Waals surface area (Å²) in [6, 6.07) is 6.38. The molecule has 1 aromatic heterocycles. The van der Waals surface area contributed by atoms with Gasteiger partial charge in [0.2, 0.25) is 0 Å². The molecule has 128 valence electrons. The molecule has 2 N–H and O–H groups in total. The Morgan fingerprint density at radius 2 is 2.00 bits per heavy atom. The highest BCUT2D eigenvalue weighted by atomic mass is 35.5. The second-order valence-corrected chi connectivity index (χ2v) is 5.80. The normalized spacial score (nSPS) is 10.5. The highest BCUT2D eigenvalue weighted by Gasteiger charge is 2.19. The zero-order valence-electron chi connectivity index (χ0n) is 13.9. The third kappa shape index (κ3) is 4.15. The van der Waals surface area contributed by atoms with Crippen LogP contribution < -0.4 is 10.6 Å². The fourth-order valence-corrected chi connectivity index (χ4v) is 2.38. The summed E-state index contributed by atoms with van der Waals surface area (Å²) in [5, 5.41) is 6.16. The average Bonchev–Trinajstić information content (AvgIpc) is 2.98. The Morgan fingerprint density at radius 3 is 2.62 bits per heavy atom. The number of anilines is 1. The molecule has 24 heavy (non-hydrogen) atoms. The number of hydrogen-bond donors (Lipinski definition) is 2. The van der Waals surface area contributed by atoms with Gasteiger partial charge in [0.05, 0.1) is 23.1 Å². The summed E-state index contributed by atoms with van der Waals surface area (Å²) in [5.41, 5.74) is 1.17. The number of benzene rings is 1. The van der Waals surface area contributed by atoms with E-state index in [1.807, 2.05) is 7.05 Å². The molecule has 0 bridgehead atoms. The van der Waals surface area contributed by atoms with Crippen molar-refractivity contribution < 1.29 is 14.0 Å². The van der Waals surface area contributed by atoms with Gasteiger partial charge in [-0.15, -0.1) is 0 Å². The van der Waals surface area contributed by atoms with Crippen molar-refractivity contribution in [3.63, 3.8) is 0 Å². The van der Waals surface area contributed by atoms with Gasteiger partial charge in [-0.05, 0) is 38.2 Å². The SMILES string of the molecule is CNCCN(C)C(=O)c1ccc(Cl)cc1NC(=O)c1ccoc1C. The van der Waals surface area contributed by atoms with Crippen molar-refractivity contribution in [2.24, 2.45) is 0 Å². The van der Waals surface area contributed by atoms with Crippen LogP contribution in [0.15, 0.2) is 34.9 Å². The van der Waals surface area contributed by atoms with Crippen LogP contribution in [0.2, 0.25) is 5.02 Å². The van der Waals surface area contributed by atoms with E-state index in [0.717, 1.165) is 0 Å². The Bertz CT molecular complexity index is 742. The minimum Gasteiger partial charge on any atom is -0.469 e. The lowest BCUT2D eigenvalue weighted by Gasteiger charge is -2.19. The number of aryl methyl sites for hydroxylation is 1. The predicted molar refractivity (Wildman–Crippen MR) is 93.7 cm³/mol. The number of carbonyl (C=O) groups excluding carboxylic acids is 2. The van der Waals surface area contributed by atoms with Crippen molar-refractivity contribution in [3.05, 3.63) is 52.4 Å². The fourth-order valence-electron chi connectivity index (χ4n) is 2.20. The van der Waals surface area contributed by atoms with E-state index in [9.17, 15) is 9.59 Å². The van der Waals surface area contributed by atoms with Gasteiger partial charge in [-0.2, -0.15) is 0 Å². The second kappa shape index (κ2) is 7.99. The summed E-state index contributed by atoms with van der Waals surface area (Å²) in [7, 11) is 3.53. The van der Waals surface area contributed by atoms with E-state index >= 15 is 0 Å². The molecular formula is C17H20ClN3O3. The molecule has 2 rings (SSSR count). The molecule has 0 aliphatic rings. The van der Waals surface area contributed by atoms with Crippen molar-refractivity contribution in [1.29, 1.82) is 0 Å². The number of amides is 2. The molecule has 0 fully saturated rings. The van der Waals surface area contributed by atoms with E-state index in [-0.39, 0.29) is 11.8 Å². The third-order valence-corrected chi connectivity index (χ3v) is 3.84. The summed E-state index contributed by atoms with van der Waals surface area (Å²) < 4.78 is 5.14. The molecule has 0 atom stereocenters. The molecule has 7 heteroatoms. The van der Waals surface area contributed by atoms with E-state index in [2.05, 4.69) is 10.6 Å². The summed E-state index contributed by atoms with van der Waals surface area (Å²) in [6.07, 6.45) is 1.44. The Labute approximate surface area is 145 Å². The molecule has 0 spiro atoms. The molecule has 0 unspecified atom stereocenters. The number of carbonyl (C=O) groups is 2. The van der Waals surface area contributed by atoms with Crippen LogP contribution in [0.1, 0.15) is 26.5 Å². The van der Waals surface area contributed by atoms with Gasteiger partial charge >= 0.3 is 0 Å². The number of rotatable bonds is 6. The first-order chi connectivity index (χ1) is 11.4. The van der Waals surface area contributed by atoms with Gasteiger partial charge in [-0.1, -0.05) is 11.6 Å². The van der Waals surface area contributed by atoms with E-state index < -0.39 is 0 Å². The summed E-state index contributed by atoms with van der Waals surface area (Å²) >= 11 is 6.02. The van der Waals surface area contributed by atoms with Gasteiger partial charge in [-0.25, -0.2) is 0 Å². The quantitative estimate of drug-likeness (QED) is 0.841. The van der Waals surface area contributed by atoms with Crippen LogP contribution in [-0.2, 0) is 0 Å². The zero-order valence-corrected chi connectivity index (χ0v) is 14.6. The zero-order chi connectivity index (χ0) is 17.7. The lowest BCUT2D eigenvalue weighted by molar-refractivity contribution is 0.0798. The monoisotopic (exact) mass is 349 g/mol.